The zero-order chi connectivity index (χ0) is 9.97. The third-order valence-electron chi connectivity index (χ3n) is 2.68. The molecular weight excluding hydrogens is 242 g/mol. The second-order valence-electron chi connectivity index (χ2n) is 3.73. The van der Waals surface area contributed by atoms with Crippen molar-refractivity contribution in [3.05, 3.63) is 28.2 Å². The summed E-state index contributed by atoms with van der Waals surface area (Å²) in [7, 11) is 0. The number of hydrogen-bond donors (Lipinski definition) is 1. The van der Waals surface area contributed by atoms with E-state index in [9.17, 15) is 5.11 Å². The molecule has 1 N–H and O–H groups in total. The van der Waals surface area contributed by atoms with Crippen molar-refractivity contribution in [1.29, 1.82) is 0 Å². The minimum absolute atomic E-state index is 0.317. The number of aromatic hydroxyl groups is 1. The molecule has 0 radical (unpaired) electrons. The van der Waals surface area contributed by atoms with Gasteiger partial charge < -0.3 is 10.0 Å². The van der Waals surface area contributed by atoms with E-state index in [2.05, 4.69) is 20.8 Å². The van der Waals surface area contributed by atoms with E-state index in [-0.39, 0.29) is 0 Å². The van der Waals surface area contributed by atoms with E-state index in [1.54, 1.807) is 6.07 Å². The first-order valence-corrected chi connectivity index (χ1v) is 5.75. The molecule has 0 aromatic heterocycles. The molecule has 0 unspecified atom stereocenters. The maximum Gasteiger partial charge on any atom is 0.129 e. The van der Waals surface area contributed by atoms with Gasteiger partial charge in [-0.2, -0.15) is 0 Å². The largest absolute Gasteiger partial charge is 0.507 e. The predicted molar refractivity (Wildman–Crippen MR) is 60.6 cm³/mol. The van der Waals surface area contributed by atoms with Gasteiger partial charge in [0.2, 0.25) is 0 Å². The van der Waals surface area contributed by atoms with Gasteiger partial charge in [-0.25, -0.2) is 0 Å². The Labute approximate surface area is 92.7 Å². The maximum absolute atomic E-state index is 9.32. The molecule has 1 heterocycles. The summed E-state index contributed by atoms with van der Waals surface area (Å²) >= 11 is 3.32. The lowest BCUT2D eigenvalue weighted by Gasteiger charge is -2.30. The molecule has 1 saturated heterocycles. The lowest BCUT2D eigenvalue weighted by atomic mass is 10.1. The predicted octanol–water partition coefficient (Wildman–Crippen LogP) is 2.40. The average molecular weight is 256 g/mol. The minimum Gasteiger partial charge on any atom is -0.507 e. The monoisotopic (exact) mass is 255 g/mol. The van der Waals surface area contributed by atoms with Crippen molar-refractivity contribution in [2.24, 2.45) is 0 Å². The van der Waals surface area contributed by atoms with Crippen molar-refractivity contribution in [1.82, 2.24) is 4.90 Å². The van der Waals surface area contributed by atoms with Gasteiger partial charge >= 0.3 is 0 Å². The van der Waals surface area contributed by atoms with Crippen LogP contribution < -0.4 is 0 Å². The molecule has 1 aliphatic heterocycles. The molecule has 1 aliphatic rings. The molecule has 1 aromatic rings. The zero-order valence-electron chi connectivity index (χ0n) is 8.04. The van der Waals surface area contributed by atoms with Crippen molar-refractivity contribution in [3.8, 4) is 5.75 Å². The van der Waals surface area contributed by atoms with Gasteiger partial charge in [-0.1, -0.05) is 6.07 Å². The van der Waals surface area contributed by atoms with E-state index in [0.717, 1.165) is 17.4 Å². The molecule has 0 saturated carbocycles. The molecule has 0 atom stereocenters. The summed E-state index contributed by atoms with van der Waals surface area (Å²) in [5.41, 5.74) is 1.28. The molecule has 0 aliphatic carbocycles. The van der Waals surface area contributed by atoms with Crippen LogP contribution in [-0.2, 0) is 6.42 Å². The Balaban J connectivity index is 1.91. The van der Waals surface area contributed by atoms with Crippen LogP contribution in [0.3, 0.4) is 0 Å². The van der Waals surface area contributed by atoms with Crippen LogP contribution in [0.2, 0.25) is 0 Å². The summed E-state index contributed by atoms with van der Waals surface area (Å²) in [6, 6.07) is 5.73. The molecule has 1 fully saturated rings. The van der Waals surface area contributed by atoms with E-state index in [4.69, 9.17) is 0 Å². The van der Waals surface area contributed by atoms with E-state index >= 15 is 0 Å². The molecule has 1 aromatic carbocycles. The fraction of sp³-hybridized carbons (Fsp3) is 0.455. The van der Waals surface area contributed by atoms with Gasteiger partial charge in [0.25, 0.3) is 0 Å². The van der Waals surface area contributed by atoms with Crippen LogP contribution in [-0.4, -0.2) is 29.6 Å². The number of phenols is 1. The highest BCUT2D eigenvalue weighted by Gasteiger charge is 2.12. The first-order chi connectivity index (χ1) is 6.75. The normalized spacial score (nSPS) is 16.6. The molecule has 76 valence electrons. The number of nitrogens with zero attached hydrogens (tertiary/aromatic N) is 1. The first kappa shape index (κ1) is 9.99. The fourth-order valence-corrected chi connectivity index (χ4v) is 2.02. The van der Waals surface area contributed by atoms with Crippen molar-refractivity contribution in [3.63, 3.8) is 0 Å². The van der Waals surface area contributed by atoms with Crippen LogP contribution in [0.1, 0.15) is 12.0 Å². The summed E-state index contributed by atoms with van der Waals surface area (Å²) in [5.74, 6) is 0.317. The number of halogens is 1. The van der Waals surface area contributed by atoms with Gasteiger partial charge in [0.1, 0.15) is 5.75 Å². The number of phenolic OH excluding ortho intramolecular Hbond substituents is 1. The van der Waals surface area contributed by atoms with Crippen LogP contribution in [0.4, 0.5) is 0 Å². The Kier molecular flexibility index (Phi) is 3.08. The Morgan fingerprint density at radius 3 is 2.71 bits per heavy atom. The molecule has 0 amide bonds. The van der Waals surface area contributed by atoms with Gasteiger partial charge in [0.15, 0.2) is 0 Å². The molecule has 0 bridgehead atoms. The molecule has 14 heavy (non-hydrogen) atoms. The minimum atomic E-state index is 0.317. The Morgan fingerprint density at radius 1 is 1.36 bits per heavy atom. The third-order valence-corrected chi connectivity index (χ3v) is 3.31. The highest BCUT2D eigenvalue weighted by Crippen LogP contribution is 2.24. The highest BCUT2D eigenvalue weighted by molar-refractivity contribution is 9.10. The van der Waals surface area contributed by atoms with Gasteiger partial charge in [-0.05, 0) is 59.6 Å². The lowest BCUT2D eigenvalue weighted by molar-refractivity contribution is 0.184. The van der Waals surface area contributed by atoms with Crippen LogP contribution in [0, 0.1) is 0 Å². The molecule has 2 rings (SSSR count). The topological polar surface area (TPSA) is 23.5 Å². The van der Waals surface area contributed by atoms with E-state index in [1.165, 1.54) is 25.1 Å². The van der Waals surface area contributed by atoms with Crippen molar-refractivity contribution in [2.45, 2.75) is 12.8 Å². The van der Waals surface area contributed by atoms with Crippen molar-refractivity contribution < 1.29 is 5.11 Å². The van der Waals surface area contributed by atoms with Crippen LogP contribution in [0.15, 0.2) is 22.7 Å². The summed E-state index contributed by atoms with van der Waals surface area (Å²) in [6.45, 7) is 3.63. The number of hydrogen-bond acceptors (Lipinski definition) is 2. The average Bonchev–Trinajstić information content (AvgIpc) is 2.08. The molecular formula is C11H14BrNO. The fourth-order valence-electron chi connectivity index (χ4n) is 1.60. The molecule has 2 nitrogen and oxygen atoms in total. The summed E-state index contributed by atoms with van der Waals surface area (Å²) in [4.78, 5) is 2.45. The first-order valence-electron chi connectivity index (χ1n) is 4.95. The summed E-state index contributed by atoms with van der Waals surface area (Å²) in [6.07, 6.45) is 2.41. The standard InChI is InChI=1S/C11H14BrNO/c12-10-8-9(2-3-11(10)14)4-7-13-5-1-6-13/h2-3,8,14H,1,4-7H2. The maximum atomic E-state index is 9.32. The summed E-state index contributed by atoms with van der Waals surface area (Å²) in [5, 5.41) is 9.32. The van der Waals surface area contributed by atoms with Crippen LogP contribution in [0.25, 0.3) is 0 Å². The number of benzene rings is 1. The van der Waals surface area contributed by atoms with Gasteiger partial charge in [0.05, 0.1) is 4.47 Å². The second kappa shape index (κ2) is 4.32. The highest BCUT2D eigenvalue weighted by atomic mass is 79.9. The number of rotatable bonds is 3. The van der Waals surface area contributed by atoms with Crippen LogP contribution >= 0.6 is 15.9 Å². The molecule has 0 spiro atoms. The smallest absolute Gasteiger partial charge is 0.129 e. The SMILES string of the molecule is Oc1ccc(CCN2CCC2)cc1Br. The third kappa shape index (κ3) is 2.28. The number of likely N-dealkylation sites (tertiary alicyclic amines) is 1. The van der Waals surface area contributed by atoms with Gasteiger partial charge in [-0.3, -0.25) is 0 Å². The van der Waals surface area contributed by atoms with E-state index in [1.807, 2.05) is 12.1 Å². The Hall–Kier alpha value is -0.540. The van der Waals surface area contributed by atoms with Crippen molar-refractivity contribution >= 4 is 15.9 Å². The van der Waals surface area contributed by atoms with E-state index in [0.29, 0.717) is 5.75 Å². The van der Waals surface area contributed by atoms with Crippen molar-refractivity contribution in [2.75, 3.05) is 19.6 Å². The second-order valence-corrected chi connectivity index (χ2v) is 4.59. The van der Waals surface area contributed by atoms with Gasteiger partial charge in [-0.15, -0.1) is 0 Å². The Morgan fingerprint density at radius 2 is 2.14 bits per heavy atom. The van der Waals surface area contributed by atoms with Gasteiger partial charge in [0, 0.05) is 6.54 Å². The van der Waals surface area contributed by atoms with E-state index < -0.39 is 0 Å². The Bertz CT molecular complexity index is 323. The van der Waals surface area contributed by atoms with Crippen LogP contribution in [0.5, 0.6) is 5.75 Å². The lowest BCUT2D eigenvalue weighted by Crippen LogP contribution is -2.38. The zero-order valence-corrected chi connectivity index (χ0v) is 9.63. The summed E-state index contributed by atoms with van der Waals surface area (Å²) < 4.78 is 0.790. The quantitative estimate of drug-likeness (QED) is 0.897. The molecule has 3 heteroatoms.